The first-order valence-electron chi connectivity index (χ1n) is 3.16. The Morgan fingerprint density at radius 3 is 2.42 bits per heavy atom. The van der Waals surface area contributed by atoms with Crippen LogP contribution in [-0.2, 0) is 4.79 Å². The fourth-order valence-corrected chi connectivity index (χ4v) is 0.585. The molecule has 0 spiro atoms. The average molecular weight is 170 g/mol. The Morgan fingerprint density at radius 1 is 1.58 bits per heavy atom. The third-order valence-electron chi connectivity index (χ3n) is 1.12. The number of pyridine rings is 1. The van der Waals surface area contributed by atoms with E-state index in [4.69, 9.17) is 10.0 Å². The summed E-state index contributed by atoms with van der Waals surface area (Å²) in [5.41, 5.74) is 4.32. The molecule has 1 amide bonds. The summed E-state index contributed by atoms with van der Waals surface area (Å²) in [6.07, 6.45) is 0.250. The second-order valence-corrected chi connectivity index (χ2v) is 1.95. The van der Waals surface area contributed by atoms with Crippen LogP contribution in [-0.4, -0.2) is 16.3 Å². The fourth-order valence-electron chi connectivity index (χ4n) is 0.585. The van der Waals surface area contributed by atoms with E-state index in [0.29, 0.717) is 10.4 Å². The monoisotopic (exact) mass is 170 g/mol. The quantitative estimate of drug-likeness (QED) is 0.406. The number of amides is 1. The van der Waals surface area contributed by atoms with Gasteiger partial charge in [0.05, 0.1) is 5.69 Å². The molecule has 66 valence electrons. The van der Waals surface area contributed by atoms with E-state index in [1.807, 2.05) is 0 Å². The lowest BCUT2D eigenvalue weighted by Gasteiger charge is -1.96. The first kappa shape index (κ1) is 10.2. The molecule has 0 radical (unpaired) electrons. The zero-order chi connectivity index (χ0) is 9.56. The smallest absolute Gasteiger partial charge is 0.283 e. The Hall–Kier alpha value is -1.78. The minimum Gasteiger partial charge on any atom is -0.425 e. The second-order valence-electron chi connectivity index (χ2n) is 1.95. The molecule has 1 rings (SSSR count). The summed E-state index contributed by atoms with van der Waals surface area (Å²) in [6.45, 7) is 1.65. The van der Waals surface area contributed by atoms with E-state index in [1.165, 1.54) is 6.07 Å². The highest BCUT2D eigenvalue weighted by Gasteiger charge is 1.91. The summed E-state index contributed by atoms with van der Waals surface area (Å²) in [6, 6.07) is 4.55. The largest absolute Gasteiger partial charge is 0.425 e. The Bertz CT molecular complexity index is 306. The van der Waals surface area contributed by atoms with Gasteiger partial charge in [0.15, 0.2) is 0 Å². The van der Waals surface area contributed by atoms with E-state index in [9.17, 15) is 4.79 Å². The summed E-state index contributed by atoms with van der Waals surface area (Å²) in [5, 5.41) is 8.81. The van der Waals surface area contributed by atoms with E-state index in [2.05, 4.69) is 5.73 Å². The van der Waals surface area contributed by atoms with Gasteiger partial charge in [-0.1, -0.05) is 6.07 Å². The van der Waals surface area contributed by atoms with Crippen LogP contribution in [0.4, 0.5) is 0 Å². The van der Waals surface area contributed by atoms with Crippen molar-refractivity contribution in [3.63, 3.8) is 0 Å². The van der Waals surface area contributed by atoms with E-state index >= 15 is 0 Å². The molecule has 0 aromatic carbocycles. The maximum absolute atomic E-state index is 10.6. The van der Waals surface area contributed by atoms with Gasteiger partial charge in [0.25, 0.3) is 5.56 Å². The van der Waals surface area contributed by atoms with Gasteiger partial charge in [-0.15, -0.1) is 0 Å². The highest BCUT2D eigenvalue weighted by Crippen LogP contribution is 1.86. The fraction of sp³-hybridized carbons (Fsp3) is 0.143. The van der Waals surface area contributed by atoms with Crippen molar-refractivity contribution in [2.24, 2.45) is 5.73 Å². The van der Waals surface area contributed by atoms with Crippen LogP contribution >= 0.6 is 0 Å². The van der Waals surface area contributed by atoms with Gasteiger partial charge < -0.3 is 10.9 Å². The molecule has 1 aromatic rings. The van der Waals surface area contributed by atoms with Crippen molar-refractivity contribution in [2.75, 3.05) is 0 Å². The van der Waals surface area contributed by atoms with Gasteiger partial charge in [0.1, 0.15) is 0 Å². The standard InChI is InChI=1S/C6H7NO2.CH3NO/c1-5-3-2-4-6(8)7(5)9;2-1-3/h2-4,9H,1H3;1H,(H2,2,3). The number of nitrogens with two attached hydrogens (primary N) is 1. The normalized spacial score (nSPS) is 8.08. The molecular formula is C7H10N2O3. The molecular weight excluding hydrogens is 160 g/mol. The van der Waals surface area contributed by atoms with Crippen LogP contribution in [0.5, 0.6) is 0 Å². The minimum absolute atomic E-state index is 0.250. The SMILES string of the molecule is Cc1cccc(=O)n1O.NC=O. The predicted octanol–water partition coefficient (Wildman–Crippen LogP) is -0.504. The molecule has 0 aliphatic rings. The summed E-state index contributed by atoms with van der Waals surface area (Å²) < 4.78 is 0.611. The number of carbonyl (C=O) groups is 1. The lowest BCUT2D eigenvalue weighted by atomic mass is 10.4. The van der Waals surface area contributed by atoms with Crippen molar-refractivity contribution in [1.82, 2.24) is 4.73 Å². The van der Waals surface area contributed by atoms with Crippen LogP contribution < -0.4 is 11.3 Å². The molecule has 0 bridgehead atoms. The molecule has 1 heterocycles. The Morgan fingerprint density at radius 2 is 2.08 bits per heavy atom. The highest BCUT2D eigenvalue weighted by molar-refractivity contribution is 5.42. The number of aryl methyl sites for hydroxylation is 1. The molecule has 5 nitrogen and oxygen atoms in total. The third-order valence-corrected chi connectivity index (χ3v) is 1.12. The van der Waals surface area contributed by atoms with Crippen LogP contribution in [0.3, 0.4) is 0 Å². The van der Waals surface area contributed by atoms with Gasteiger partial charge in [-0.05, 0) is 13.0 Å². The number of primary amides is 1. The van der Waals surface area contributed by atoms with Crippen molar-refractivity contribution in [3.8, 4) is 0 Å². The number of nitrogens with zero attached hydrogens (tertiary/aromatic N) is 1. The first-order valence-corrected chi connectivity index (χ1v) is 3.16. The van der Waals surface area contributed by atoms with Gasteiger partial charge in [-0.3, -0.25) is 9.59 Å². The van der Waals surface area contributed by atoms with Crippen LogP contribution in [0.15, 0.2) is 23.0 Å². The van der Waals surface area contributed by atoms with Gasteiger partial charge in [0.2, 0.25) is 6.41 Å². The van der Waals surface area contributed by atoms with E-state index in [-0.39, 0.29) is 6.41 Å². The maximum atomic E-state index is 10.6. The summed E-state index contributed by atoms with van der Waals surface area (Å²) >= 11 is 0. The van der Waals surface area contributed by atoms with Gasteiger partial charge in [-0.25, -0.2) is 0 Å². The highest BCUT2D eigenvalue weighted by atomic mass is 16.5. The van der Waals surface area contributed by atoms with E-state index < -0.39 is 5.56 Å². The Balaban J connectivity index is 0.000000354. The zero-order valence-electron chi connectivity index (χ0n) is 6.60. The van der Waals surface area contributed by atoms with E-state index in [1.54, 1.807) is 19.1 Å². The molecule has 0 saturated carbocycles. The number of hydrogen-bond acceptors (Lipinski definition) is 3. The minimum atomic E-state index is -0.394. The van der Waals surface area contributed by atoms with Crippen molar-refractivity contribution >= 4 is 6.41 Å². The molecule has 0 atom stereocenters. The maximum Gasteiger partial charge on any atom is 0.283 e. The molecule has 0 fully saturated rings. The molecule has 1 aromatic heterocycles. The van der Waals surface area contributed by atoms with Crippen LogP contribution in [0, 0.1) is 6.92 Å². The molecule has 0 aliphatic heterocycles. The molecule has 5 heteroatoms. The molecule has 12 heavy (non-hydrogen) atoms. The van der Waals surface area contributed by atoms with Crippen molar-refractivity contribution in [1.29, 1.82) is 0 Å². The molecule has 0 saturated heterocycles. The molecule has 3 N–H and O–H groups in total. The van der Waals surface area contributed by atoms with Crippen LogP contribution in [0.2, 0.25) is 0 Å². The molecule has 0 unspecified atom stereocenters. The lowest BCUT2D eigenvalue weighted by molar-refractivity contribution is -0.106. The second kappa shape index (κ2) is 4.95. The number of hydrogen-bond donors (Lipinski definition) is 2. The lowest BCUT2D eigenvalue weighted by Crippen LogP contribution is -2.17. The Kier molecular flexibility index (Phi) is 4.21. The molecule has 0 aliphatic carbocycles. The van der Waals surface area contributed by atoms with Gasteiger partial charge >= 0.3 is 0 Å². The summed E-state index contributed by atoms with van der Waals surface area (Å²) in [4.78, 5) is 19.1. The Labute approximate surface area is 69.0 Å². The summed E-state index contributed by atoms with van der Waals surface area (Å²) in [7, 11) is 0. The number of rotatable bonds is 0. The van der Waals surface area contributed by atoms with Gasteiger partial charge in [0, 0.05) is 6.07 Å². The summed E-state index contributed by atoms with van der Waals surface area (Å²) in [5.74, 6) is 0. The van der Waals surface area contributed by atoms with Crippen molar-refractivity contribution in [2.45, 2.75) is 6.92 Å². The zero-order valence-corrected chi connectivity index (χ0v) is 6.60. The van der Waals surface area contributed by atoms with Crippen LogP contribution in [0.25, 0.3) is 0 Å². The van der Waals surface area contributed by atoms with Crippen molar-refractivity contribution < 1.29 is 10.0 Å². The topological polar surface area (TPSA) is 85.3 Å². The first-order chi connectivity index (χ1) is 5.63. The van der Waals surface area contributed by atoms with Crippen LogP contribution in [0.1, 0.15) is 5.69 Å². The predicted molar refractivity (Wildman–Crippen MR) is 42.9 cm³/mol. The van der Waals surface area contributed by atoms with Gasteiger partial charge in [-0.2, -0.15) is 4.73 Å². The van der Waals surface area contributed by atoms with E-state index in [0.717, 1.165) is 0 Å². The number of aromatic nitrogens is 1. The average Bonchev–Trinajstić information content (AvgIpc) is 2.02. The van der Waals surface area contributed by atoms with Crippen molar-refractivity contribution in [3.05, 3.63) is 34.2 Å². The number of carbonyl (C=O) groups excluding carboxylic acids is 1. The third kappa shape index (κ3) is 2.87.